The van der Waals surface area contributed by atoms with Crippen molar-refractivity contribution >= 4 is 0 Å². The van der Waals surface area contributed by atoms with E-state index in [4.69, 9.17) is 4.74 Å². The molecule has 2 aliphatic carbocycles. The first-order valence-electron chi connectivity index (χ1n) is 11.5. The Morgan fingerprint density at radius 1 is 0.966 bits per heavy atom. The van der Waals surface area contributed by atoms with E-state index in [1.54, 1.807) is 12.1 Å². The van der Waals surface area contributed by atoms with Crippen LogP contribution in [0, 0.1) is 29.4 Å². The van der Waals surface area contributed by atoms with Crippen LogP contribution in [0.15, 0.2) is 36.9 Å². The van der Waals surface area contributed by atoms with E-state index in [2.05, 4.69) is 25.7 Å². The largest absolute Gasteiger partial charge is 0.490 e. The van der Waals surface area contributed by atoms with Crippen molar-refractivity contribution in [2.75, 3.05) is 6.61 Å². The van der Waals surface area contributed by atoms with E-state index in [0.29, 0.717) is 24.0 Å². The molecule has 1 nitrogen and oxygen atoms in total. The molecule has 0 N–H and O–H groups in total. The van der Waals surface area contributed by atoms with Crippen LogP contribution >= 0.6 is 0 Å². The summed E-state index contributed by atoms with van der Waals surface area (Å²) in [6, 6.07) is 3.38. The molecule has 29 heavy (non-hydrogen) atoms. The first-order chi connectivity index (χ1) is 14.1. The van der Waals surface area contributed by atoms with Crippen LogP contribution < -0.4 is 4.74 Å². The van der Waals surface area contributed by atoms with Crippen molar-refractivity contribution in [3.8, 4) is 5.75 Å². The average molecular weight is 403 g/mol. The number of rotatable bonds is 9. The standard InChI is InChI=1S/C26H36F2O/c1-3-5-7-20-12-14-22(15-13-20)23-16-17-24(26(28)25(23)27)29-18-21-10-8-19(6-4-2)9-11-21/h3,8,10,16-17,19-22H,1,4-7,9,11-15,18H2,2H3. The Morgan fingerprint density at radius 2 is 1.69 bits per heavy atom. The lowest BCUT2D eigenvalue weighted by Gasteiger charge is -2.29. The Kier molecular flexibility index (Phi) is 8.32. The number of allylic oxidation sites excluding steroid dienone is 2. The van der Waals surface area contributed by atoms with Crippen molar-refractivity contribution in [2.45, 2.75) is 77.0 Å². The third-order valence-electron chi connectivity index (χ3n) is 6.82. The highest BCUT2D eigenvalue weighted by atomic mass is 19.2. The van der Waals surface area contributed by atoms with E-state index in [0.717, 1.165) is 51.4 Å². The van der Waals surface area contributed by atoms with Crippen LogP contribution in [0.2, 0.25) is 0 Å². The fraction of sp³-hybridized carbons (Fsp3) is 0.615. The Hall–Kier alpha value is -1.64. The summed E-state index contributed by atoms with van der Waals surface area (Å²) in [4.78, 5) is 0. The normalized spacial score (nSPS) is 27.0. The van der Waals surface area contributed by atoms with Crippen LogP contribution in [0.3, 0.4) is 0 Å². The van der Waals surface area contributed by atoms with Gasteiger partial charge >= 0.3 is 0 Å². The summed E-state index contributed by atoms with van der Waals surface area (Å²) in [6.07, 6.45) is 17.3. The van der Waals surface area contributed by atoms with E-state index in [1.807, 2.05) is 6.08 Å². The van der Waals surface area contributed by atoms with Crippen molar-refractivity contribution in [1.82, 2.24) is 0 Å². The molecule has 0 bridgehead atoms. The van der Waals surface area contributed by atoms with Crippen LogP contribution in [-0.2, 0) is 0 Å². The highest BCUT2D eigenvalue weighted by Gasteiger charge is 2.26. The van der Waals surface area contributed by atoms with Crippen molar-refractivity contribution in [3.63, 3.8) is 0 Å². The van der Waals surface area contributed by atoms with Crippen LogP contribution in [0.4, 0.5) is 8.78 Å². The summed E-state index contributed by atoms with van der Waals surface area (Å²) < 4.78 is 35.1. The first kappa shape index (κ1) is 22.1. The SMILES string of the molecule is C=CCCC1CCC(c2ccc(OCC3C=CC(CCC)CC3)c(F)c2F)CC1. The number of halogens is 2. The van der Waals surface area contributed by atoms with Crippen LogP contribution in [-0.4, -0.2) is 6.61 Å². The third kappa shape index (κ3) is 5.93. The quantitative estimate of drug-likeness (QED) is 0.381. The van der Waals surface area contributed by atoms with Crippen molar-refractivity contribution < 1.29 is 13.5 Å². The Balaban J connectivity index is 1.55. The lowest BCUT2D eigenvalue weighted by Crippen LogP contribution is -2.17. The topological polar surface area (TPSA) is 9.23 Å². The molecule has 1 aromatic carbocycles. The molecule has 2 atom stereocenters. The van der Waals surface area contributed by atoms with Gasteiger partial charge in [0.2, 0.25) is 5.82 Å². The molecule has 2 aliphatic rings. The van der Waals surface area contributed by atoms with E-state index < -0.39 is 11.6 Å². The Labute approximate surface area is 175 Å². The fourth-order valence-corrected chi connectivity index (χ4v) is 4.97. The molecule has 0 amide bonds. The van der Waals surface area contributed by atoms with Gasteiger partial charge in [0.05, 0.1) is 6.61 Å². The zero-order valence-electron chi connectivity index (χ0n) is 17.8. The molecule has 3 heteroatoms. The Bertz CT molecular complexity index is 688. The molecule has 0 heterocycles. The van der Waals surface area contributed by atoms with Crippen molar-refractivity contribution in [3.05, 3.63) is 54.1 Å². The molecule has 1 saturated carbocycles. The molecular formula is C26H36F2O. The van der Waals surface area contributed by atoms with Gasteiger partial charge in [0.15, 0.2) is 11.6 Å². The zero-order valence-corrected chi connectivity index (χ0v) is 17.8. The van der Waals surface area contributed by atoms with E-state index in [-0.39, 0.29) is 17.6 Å². The Morgan fingerprint density at radius 3 is 2.34 bits per heavy atom. The maximum atomic E-state index is 14.8. The highest BCUT2D eigenvalue weighted by Crippen LogP contribution is 2.40. The molecule has 1 fully saturated rings. The second-order valence-corrected chi connectivity index (χ2v) is 8.95. The van der Waals surface area contributed by atoms with Gasteiger partial charge in [-0.05, 0) is 87.2 Å². The summed E-state index contributed by atoms with van der Waals surface area (Å²) in [5.41, 5.74) is 0.525. The fourth-order valence-electron chi connectivity index (χ4n) is 4.97. The first-order valence-corrected chi connectivity index (χ1v) is 11.5. The molecule has 0 aromatic heterocycles. The van der Waals surface area contributed by atoms with Crippen LogP contribution in [0.1, 0.15) is 82.6 Å². The summed E-state index contributed by atoms with van der Waals surface area (Å²) in [5, 5.41) is 0. The minimum absolute atomic E-state index is 0.0509. The summed E-state index contributed by atoms with van der Waals surface area (Å²) >= 11 is 0. The predicted molar refractivity (Wildman–Crippen MR) is 116 cm³/mol. The van der Waals surface area contributed by atoms with Gasteiger partial charge in [0, 0.05) is 5.92 Å². The van der Waals surface area contributed by atoms with Gasteiger partial charge < -0.3 is 4.74 Å². The molecule has 0 saturated heterocycles. The van der Waals surface area contributed by atoms with Gasteiger partial charge in [-0.15, -0.1) is 6.58 Å². The van der Waals surface area contributed by atoms with E-state index in [9.17, 15) is 8.78 Å². The third-order valence-corrected chi connectivity index (χ3v) is 6.82. The van der Waals surface area contributed by atoms with E-state index >= 15 is 0 Å². The minimum atomic E-state index is -0.820. The molecular weight excluding hydrogens is 366 g/mol. The number of hydrogen-bond donors (Lipinski definition) is 0. The average Bonchev–Trinajstić information content (AvgIpc) is 2.75. The minimum Gasteiger partial charge on any atom is -0.490 e. The zero-order chi connectivity index (χ0) is 20.6. The molecule has 0 radical (unpaired) electrons. The second kappa shape index (κ2) is 10.9. The van der Waals surface area contributed by atoms with E-state index in [1.165, 1.54) is 12.8 Å². The lowest BCUT2D eigenvalue weighted by molar-refractivity contribution is 0.240. The van der Waals surface area contributed by atoms with Gasteiger partial charge in [-0.3, -0.25) is 0 Å². The van der Waals surface area contributed by atoms with Gasteiger partial charge in [-0.2, -0.15) is 4.39 Å². The van der Waals surface area contributed by atoms with Gasteiger partial charge in [0.25, 0.3) is 0 Å². The van der Waals surface area contributed by atoms with Crippen molar-refractivity contribution in [2.24, 2.45) is 17.8 Å². The summed E-state index contributed by atoms with van der Waals surface area (Å²) in [7, 11) is 0. The second-order valence-electron chi connectivity index (χ2n) is 8.95. The van der Waals surface area contributed by atoms with Gasteiger partial charge in [-0.25, -0.2) is 4.39 Å². The smallest absolute Gasteiger partial charge is 0.200 e. The maximum absolute atomic E-state index is 14.8. The van der Waals surface area contributed by atoms with Gasteiger partial charge in [0.1, 0.15) is 0 Å². The van der Waals surface area contributed by atoms with Crippen molar-refractivity contribution in [1.29, 1.82) is 0 Å². The number of hydrogen-bond acceptors (Lipinski definition) is 1. The molecule has 1 aromatic rings. The summed E-state index contributed by atoms with van der Waals surface area (Å²) in [5.74, 6) is 0.289. The number of ether oxygens (including phenoxy) is 1. The monoisotopic (exact) mass is 402 g/mol. The molecule has 0 aliphatic heterocycles. The molecule has 0 spiro atoms. The van der Waals surface area contributed by atoms with Crippen LogP contribution in [0.5, 0.6) is 5.75 Å². The number of benzene rings is 1. The lowest BCUT2D eigenvalue weighted by atomic mass is 9.77. The van der Waals surface area contributed by atoms with Gasteiger partial charge in [-0.1, -0.05) is 37.6 Å². The maximum Gasteiger partial charge on any atom is 0.200 e. The highest BCUT2D eigenvalue weighted by molar-refractivity contribution is 5.33. The molecule has 2 unspecified atom stereocenters. The van der Waals surface area contributed by atoms with Crippen LogP contribution in [0.25, 0.3) is 0 Å². The molecule has 160 valence electrons. The molecule has 3 rings (SSSR count). The summed E-state index contributed by atoms with van der Waals surface area (Å²) in [6.45, 7) is 6.41. The predicted octanol–water partition coefficient (Wildman–Crippen LogP) is 7.97.